The van der Waals surface area contributed by atoms with Crippen LogP contribution in [-0.4, -0.2) is 39.5 Å². The van der Waals surface area contributed by atoms with Crippen LogP contribution >= 0.6 is 23.2 Å². The third-order valence-electron chi connectivity index (χ3n) is 3.09. The maximum atomic E-state index is 12.3. The predicted molar refractivity (Wildman–Crippen MR) is 70.6 cm³/mol. The average molecular weight is 303 g/mol. The molecule has 1 fully saturated rings. The number of carbonyl (C=O) groups is 2. The number of piperidine rings is 1. The van der Waals surface area contributed by atoms with Gasteiger partial charge in [-0.1, -0.05) is 23.2 Å². The van der Waals surface area contributed by atoms with Gasteiger partial charge in [0.1, 0.15) is 16.3 Å². The molecule has 1 aliphatic rings. The van der Waals surface area contributed by atoms with Crippen LogP contribution in [0.3, 0.4) is 0 Å². The molecule has 1 amide bonds. The van der Waals surface area contributed by atoms with Gasteiger partial charge < -0.3 is 10.0 Å². The van der Waals surface area contributed by atoms with Gasteiger partial charge in [-0.3, -0.25) is 4.79 Å². The largest absolute Gasteiger partial charge is 0.480 e. The van der Waals surface area contributed by atoms with Crippen LogP contribution in [0.2, 0.25) is 10.3 Å². The molecule has 0 bridgehead atoms. The van der Waals surface area contributed by atoms with Crippen LogP contribution in [0, 0.1) is 0 Å². The van der Waals surface area contributed by atoms with Crippen molar-refractivity contribution in [2.75, 3.05) is 6.54 Å². The molecule has 1 unspecified atom stereocenters. The lowest BCUT2D eigenvalue weighted by molar-refractivity contribution is -0.143. The number of carboxylic acid groups (broad SMARTS) is 1. The van der Waals surface area contributed by atoms with Crippen molar-refractivity contribution >= 4 is 35.1 Å². The van der Waals surface area contributed by atoms with E-state index in [2.05, 4.69) is 4.98 Å². The number of hydrogen-bond acceptors (Lipinski definition) is 3. The van der Waals surface area contributed by atoms with E-state index in [0.29, 0.717) is 13.0 Å². The number of hydrogen-bond donors (Lipinski definition) is 1. The van der Waals surface area contributed by atoms with Crippen molar-refractivity contribution in [3.63, 3.8) is 0 Å². The molecule has 1 saturated heterocycles. The van der Waals surface area contributed by atoms with Crippen LogP contribution in [0.15, 0.2) is 12.1 Å². The second kappa shape index (κ2) is 5.75. The maximum Gasteiger partial charge on any atom is 0.326 e. The Labute approximate surface area is 120 Å². The normalized spacial score (nSPS) is 19.3. The van der Waals surface area contributed by atoms with Crippen LogP contribution < -0.4 is 0 Å². The summed E-state index contributed by atoms with van der Waals surface area (Å²) in [5.74, 6) is -1.41. The van der Waals surface area contributed by atoms with Gasteiger partial charge in [0.15, 0.2) is 0 Å². The van der Waals surface area contributed by atoms with E-state index in [1.165, 1.54) is 17.0 Å². The number of likely N-dealkylation sites (tertiary alicyclic amines) is 1. The van der Waals surface area contributed by atoms with E-state index in [1.807, 2.05) is 0 Å². The third-order valence-corrected chi connectivity index (χ3v) is 3.59. The molecule has 1 aromatic rings. The smallest absolute Gasteiger partial charge is 0.326 e. The Balaban J connectivity index is 2.28. The van der Waals surface area contributed by atoms with Crippen molar-refractivity contribution in [2.24, 2.45) is 0 Å². The summed E-state index contributed by atoms with van der Waals surface area (Å²) in [6.45, 7) is 0.411. The molecule has 7 heteroatoms. The molecular weight excluding hydrogens is 291 g/mol. The lowest BCUT2D eigenvalue weighted by Crippen LogP contribution is -2.48. The van der Waals surface area contributed by atoms with Gasteiger partial charge in [-0.2, -0.15) is 0 Å². The highest BCUT2D eigenvalue weighted by molar-refractivity contribution is 6.34. The summed E-state index contributed by atoms with van der Waals surface area (Å²) in [7, 11) is 0. The molecule has 2 rings (SSSR count). The summed E-state index contributed by atoms with van der Waals surface area (Å²) in [5, 5.41) is 9.34. The topological polar surface area (TPSA) is 70.5 Å². The molecule has 0 spiro atoms. The third kappa shape index (κ3) is 2.98. The Bertz CT molecular complexity index is 522. The minimum atomic E-state index is -0.994. The fourth-order valence-corrected chi connectivity index (χ4v) is 2.58. The number of aromatic nitrogens is 1. The van der Waals surface area contributed by atoms with Gasteiger partial charge in [-0.05, 0) is 31.4 Å². The van der Waals surface area contributed by atoms with Gasteiger partial charge in [0, 0.05) is 6.54 Å². The van der Waals surface area contributed by atoms with Crippen molar-refractivity contribution in [3.05, 3.63) is 28.0 Å². The van der Waals surface area contributed by atoms with E-state index in [4.69, 9.17) is 28.3 Å². The van der Waals surface area contributed by atoms with Crippen molar-refractivity contribution in [3.8, 4) is 0 Å². The number of carbonyl (C=O) groups excluding carboxylic acids is 1. The molecule has 0 aliphatic carbocycles. The zero-order valence-electron chi connectivity index (χ0n) is 9.97. The van der Waals surface area contributed by atoms with Gasteiger partial charge in [0.05, 0.1) is 5.56 Å². The number of pyridine rings is 1. The van der Waals surface area contributed by atoms with Crippen LogP contribution in [0.5, 0.6) is 0 Å². The molecule has 1 atom stereocenters. The van der Waals surface area contributed by atoms with Gasteiger partial charge >= 0.3 is 5.97 Å². The number of halogens is 2. The fourth-order valence-electron chi connectivity index (χ4n) is 2.16. The highest BCUT2D eigenvalue weighted by Gasteiger charge is 2.33. The van der Waals surface area contributed by atoms with E-state index in [-0.39, 0.29) is 15.9 Å². The predicted octanol–water partition coefficient (Wildman–Crippen LogP) is 2.47. The van der Waals surface area contributed by atoms with E-state index in [1.54, 1.807) is 0 Å². The van der Waals surface area contributed by atoms with Gasteiger partial charge in [0.2, 0.25) is 0 Å². The quantitative estimate of drug-likeness (QED) is 0.852. The first kappa shape index (κ1) is 14.1. The summed E-state index contributed by atoms with van der Waals surface area (Å²) in [6.07, 6.45) is 2.04. The molecular formula is C12H12Cl2N2O3. The van der Waals surface area contributed by atoms with Gasteiger partial charge in [0.25, 0.3) is 5.91 Å². The Morgan fingerprint density at radius 1 is 1.32 bits per heavy atom. The molecule has 1 aromatic heterocycles. The summed E-state index contributed by atoms with van der Waals surface area (Å²) >= 11 is 11.6. The van der Waals surface area contributed by atoms with E-state index < -0.39 is 17.9 Å². The Morgan fingerprint density at radius 3 is 2.68 bits per heavy atom. The van der Waals surface area contributed by atoms with Crippen LogP contribution in [-0.2, 0) is 4.79 Å². The zero-order chi connectivity index (χ0) is 14.0. The standard InChI is InChI=1S/C12H12Cl2N2O3/c13-9-5-4-7(10(14)15-9)11(17)16-6-2-1-3-8(16)12(18)19/h4-5,8H,1-3,6H2,(H,18,19). The van der Waals surface area contributed by atoms with Crippen LogP contribution in [0.1, 0.15) is 29.6 Å². The second-order valence-electron chi connectivity index (χ2n) is 4.32. The van der Waals surface area contributed by atoms with Gasteiger partial charge in [-0.25, -0.2) is 9.78 Å². The fraction of sp³-hybridized carbons (Fsp3) is 0.417. The Hall–Kier alpha value is -1.33. The monoisotopic (exact) mass is 302 g/mol. The molecule has 2 heterocycles. The summed E-state index contributed by atoms with van der Waals surface area (Å²) < 4.78 is 0. The number of rotatable bonds is 2. The Morgan fingerprint density at radius 2 is 2.05 bits per heavy atom. The molecule has 1 N–H and O–H groups in total. The minimum absolute atomic E-state index is 0.00721. The molecule has 19 heavy (non-hydrogen) atoms. The van der Waals surface area contributed by atoms with Crippen LogP contribution in [0.25, 0.3) is 0 Å². The Kier molecular flexibility index (Phi) is 4.27. The van der Waals surface area contributed by atoms with E-state index >= 15 is 0 Å². The minimum Gasteiger partial charge on any atom is -0.480 e. The van der Waals surface area contributed by atoms with Crippen molar-refractivity contribution in [1.82, 2.24) is 9.88 Å². The van der Waals surface area contributed by atoms with E-state index in [9.17, 15) is 9.59 Å². The number of carboxylic acids is 1. The molecule has 0 radical (unpaired) electrons. The van der Waals surface area contributed by atoms with Crippen molar-refractivity contribution < 1.29 is 14.7 Å². The zero-order valence-corrected chi connectivity index (χ0v) is 11.5. The first-order valence-corrected chi connectivity index (χ1v) is 6.62. The SMILES string of the molecule is O=C(O)C1CCCCN1C(=O)c1ccc(Cl)nc1Cl. The number of aliphatic carboxylic acids is 1. The lowest BCUT2D eigenvalue weighted by atomic mass is 10.0. The highest BCUT2D eigenvalue weighted by Crippen LogP contribution is 2.23. The highest BCUT2D eigenvalue weighted by atomic mass is 35.5. The summed E-state index contributed by atoms with van der Waals surface area (Å²) in [5.41, 5.74) is 0.180. The van der Waals surface area contributed by atoms with Crippen LogP contribution in [0.4, 0.5) is 0 Å². The van der Waals surface area contributed by atoms with E-state index in [0.717, 1.165) is 12.8 Å². The molecule has 1 aliphatic heterocycles. The maximum absolute atomic E-state index is 12.3. The molecule has 102 valence electrons. The first-order valence-electron chi connectivity index (χ1n) is 5.86. The molecule has 0 saturated carbocycles. The van der Waals surface area contributed by atoms with Gasteiger partial charge in [-0.15, -0.1) is 0 Å². The second-order valence-corrected chi connectivity index (χ2v) is 5.07. The molecule has 0 aromatic carbocycles. The summed E-state index contributed by atoms with van der Waals surface area (Å²) in [4.78, 5) is 28.6. The van der Waals surface area contributed by atoms with Crippen molar-refractivity contribution in [2.45, 2.75) is 25.3 Å². The van der Waals surface area contributed by atoms with Crippen molar-refractivity contribution in [1.29, 1.82) is 0 Å². The first-order chi connectivity index (χ1) is 9.00. The lowest BCUT2D eigenvalue weighted by Gasteiger charge is -2.33. The number of nitrogens with zero attached hydrogens (tertiary/aromatic N) is 2. The average Bonchev–Trinajstić information content (AvgIpc) is 2.38. The molecule has 5 nitrogen and oxygen atoms in total. The summed E-state index contributed by atoms with van der Waals surface area (Å²) in [6, 6.07) is 2.13. The number of amides is 1.